The summed E-state index contributed by atoms with van der Waals surface area (Å²) in [6.45, 7) is 5.56. The summed E-state index contributed by atoms with van der Waals surface area (Å²) in [6, 6.07) is 14.4. The minimum atomic E-state index is -3.28. The van der Waals surface area contributed by atoms with E-state index in [0.717, 1.165) is 24.2 Å². The van der Waals surface area contributed by atoms with Crippen LogP contribution in [0.2, 0.25) is 0 Å². The first kappa shape index (κ1) is 21.3. The van der Waals surface area contributed by atoms with Crippen molar-refractivity contribution in [3.05, 3.63) is 65.2 Å². The zero-order valence-corrected chi connectivity index (χ0v) is 17.7. The highest BCUT2D eigenvalue weighted by molar-refractivity contribution is 7.88. The highest BCUT2D eigenvalue weighted by atomic mass is 32.2. The third-order valence-electron chi connectivity index (χ3n) is 4.77. The van der Waals surface area contributed by atoms with Gasteiger partial charge in [0.15, 0.2) is 0 Å². The van der Waals surface area contributed by atoms with Gasteiger partial charge in [-0.15, -0.1) is 0 Å². The van der Waals surface area contributed by atoms with E-state index in [0.29, 0.717) is 30.8 Å². The quantitative estimate of drug-likeness (QED) is 0.716. The molecule has 3 rings (SSSR count). The smallest absolute Gasteiger partial charge is 0.251 e. The predicted octanol–water partition coefficient (Wildman–Crippen LogP) is 3.33. The van der Waals surface area contributed by atoms with Crippen LogP contribution in [-0.4, -0.2) is 37.8 Å². The lowest BCUT2D eigenvalue weighted by atomic mass is 10.1. The lowest BCUT2D eigenvalue weighted by molar-refractivity contribution is 0.0951. The zero-order valence-electron chi connectivity index (χ0n) is 16.9. The number of carbonyl (C=O) groups excluding carboxylic acids is 1. The Morgan fingerprint density at radius 3 is 2.17 bits per heavy atom. The molecule has 1 saturated heterocycles. The largest absolute Gasteiger partial charge is 0.491 e. The van der Waals surface area contributed by atoms with Crippen molar-refractivity contribution in [1.82, 2.24) is 9.62 Å². The van der Waals surface area contributed by atoms with Crippen molar-refractivity contribution in [1.29, 1.82) is 0 Å². The van der Waals surface area contributed by atoms with Crippen molar-refractivity contribution in [3.8, 4) is 5.75 Å². The molecule has 1 N–H and O–H groups in total. The van der Waals surface area contributed by atoms with Gasteiger partial charge in [0.1, 0.15) is 5.75 Å². The Morgan fingerprint density at radius 1 is 1.00 bits per heavy atom. The van der Waals surface area contributed by atoms with Crippen LogP contribution in [0.4, 0.5) is 0 Å². The summed E-state index contributed by atoms with van der Waals surface area (Å²) in [5, 5.41) is 2.88. The van der Waals surface area contributed by atoms with Gasteiger partial charge in [0, 0.05) is 25.2 Å². The Balaban J connectivity index is 1.53. The monoisotopic (exact) mass is 416 g/mol. The van der Waals surface area contributed by atoms with Crippen molar-refractivity contribution in [2.75, 3.05) is 13.1 Å². The van der Waals surface area contributed by atoms with Gasteiger partial charge in [-0.25, -0.2) is 12.7 Å². The van der Waals surface area contributed by atoms with Gasteiger partial charge >= 0.3 is 0 Å². The van der Waals surface area contributed by atoms with Gasteiger partial charge in [-0.05, 0) is 62.1 Å². The first-order chi connectivity index (χ1) is 13.8. The van der Waals surface area contributed by atoms with Gasteiger partial charge < -0.3 is 10.1 Å². The molecule has 1 aliphatic rings. The maximum Gasteiger partial charge on any atom is 0.251 e. The number of hydrogen-bond donors (Lipinski definition) is 1. The van der Waals surface area contributed by atoms with Gasteiger partial charge in [-0.1, -0.05) is 24.3 Å². The fourth-order valence-electron chi connectivity index (χ4n) is 3.26. The minimum Gasteiger partial charge on any atom is -0.491 e. The molecular weight excluding hydrogens is 388 g/mol. The molecule has 29 heavy (non-hydrogen) atoms. The lowest BCUT2D eigenvalue weighted by Crippen LogP contribution is -2.29. The third-order valence-corrected chi connectivity index (χ3v) is 6.62. The van der Waals surface area contributed by atoms with E-state index in [1.165, 1.54) is 0 Å². The van der Waals surface area contributed by atoms with E-state index >= 15 is 0 Å². The Labute approximate surface area is 172 Å². The molecule has 1 aliphatic heterocycles. The third kappa shape index (κ3) is 6.05. The number of nitrogens with zero attached hydrogens (tertiary/aromatic N) is 1. The normalized spacial score (nSPS) is 14.9. The Hall–Kier alpha value is -2.38. The van der Waals surface area contributed by atoms with Crippen LogP contribution in [0.5, 0.6) is 5.75 Å². The molecule has 0 saturated carbocycles. The van der Waals surface area contributed by atoms with Crippen LogP contribution >= 0.6 is 0 Å². The maximum absolute atomic E-state index is 12.4. The molecule has 0 atom stereocenters. The molecule has 0 aromatic heterocycles. The highest BCUT2D eigenvalue weighted by Gasteiger charge is 2.25. The molecule has 0 spiro atoms. The van der Waals surface area contributed by atoms with Crippen molar-refractivity contribution < 1.29 is 17.9 Å². The molecule has 0 radical (unpaired) electrons. The number of rotatable bonds is 8. The predicted molar refractivity (Wildman–Crippen MR) is 113 cm³/mol. The second-order valence-corrected chi connectivity index (χ2v) is 9.52. The van der Waals surface area contributed by atoms with E-state index < -0.39 is 10.0 Å². The number of ether oxygens (including phenoxy) is 1. The fourth-order valence-corrected chi connectivity index (χ4v) is 4.87. The Bertz CT molecular complexity index is 916. The first-order valence-electron chi connectivity index (χ1n) is 9.94. The molecule has 7 heteroatoms. The molecule has 156 valence electrons. The minimum absolute atomic E-state index is 0.0281. The van der Waals surface area contributed by atoms with Crippen molar-refractivity contribution in [2.24, 2.45) is 0 Å². The summed E-state index contributed by atoms with van der Waals surface area (Å²) in [4.78, 5) is 12.4. The molecule has 1 fully saturated rings. The van der Waals surface area contributed by atoms with E-state index in [2.05, 4.69) is 5.32 Å². The molecule has 1 heterocycles. The van der Waals surface area contributed by atoms with Crippen LogP contribution in [-0.2, 0) is 22.3 Å². The van der Waals surface area contributed by atoms with E-state index in [9.17, 15) is 13.2 Å². The second kappa shape index (κ2) is 9.41. The SMILES string of the molecule is CC(C)Oc1ccc(CNC(=O)c2ccc(CS(=O)(=O)N3CCCC3)cc2)cc1. The molecule has 2 aromatic rings. The van der Waals surface area contributed by atoms with E-state index in [1.807, 2.05) is 38.1 Å². The number of benzene rings is 2. The van der Waals surface area contributed by atoms with Gasteiger partial charge in [0.25, 0.3) is 5.91 Å². The lowest BCUT2D eigenvalue weighted by Gasteiger charge is -2.15. The molecule has 2 aromatic carbocycles. The van der Waals surface area contributed by atoms with Crippen molar-refractivity contribution in [2.45, 2.75) is 45.1 Å². The second-order valence-electron chi connectivity index (χ2n) is 7.55. The molecule has 1 amide bonds. The van der Waals surface area contributed by atoms with Gasteiger partial charge in [0.05, 0.1) is 11.9 Å². The van der Waals surface area contributed by atoms with Crippen LogP contribution in [0.1, 0.15) is 48.2 Å². The fraction of sp³-hybridized carbons (Fsp3) is 0.409. The van der Waals surface area contributed by atoms with Gasteiger partial charge in [0.2, 0.25) is 10.0 Å². The van der Waals surface area contributed by atoms with Crippen LogP contribution in [0.3, 0.4) is 0 Å². The summed E-state index contributed by atoms with van der Waals surface area (Å²) in [5.41, 5.74) is 2.17. The van der Waals surface area contributed by atoms with Gasteiger partial charge in [-0.2, -0.15) is 0 Å². The van der Waals surface area contributed by atoms with Crippen molar-refractivity contribution in [3.63, 3.8) is 0 Å². The zero-order chi connectivity index (χ0) is 20.9. The number of amides is 1. The van der Waals surface area contributed by atoms with Crippen LogP contribution in [0.15, 0.2) is 48.5 Å². The van der Waals surface area contributed by atoms with Crippen molar-refractivity contribution >= 4 is 15.9 Å². The Morgan fingerprint density at radius 2 is 1.59 bits per heavy atom. The molecule has 0 aliphatic carbocycles. The average molecular weight is 417 g/mol. The van der Waals surface area contributed by atoms with Crippen LogP contribution in [0, 0.1) is 0 Å². The number of sulfonamides is 1. The summed E-state index contributed by atoms with van der Waals surface area (Å²) in [7, 11) is -3.28. The molecule has 6 nitrogen and oxygen atoms in total. The summed E-state index contributed by atoms with van der Waals surface area (Å²) >= 11 is 0. The standard InChI is InChI=1S/C22H28N2O4S/c1-17(2)28-21-11-7-18(8-12-21)15-23-22(25)20-9-5-19(6-10-20)16-29(26,27)24-13-3-4-14-24/h5-12,17H,3-4,13-16H2,1-2H3,(H,23,25). The van der Waals surface area contributed by atoms with Crippen LogP contribution < -0.4 is 10.1 Å². The summed E-state index contributed by atoms with van der Waals surface area (Å²) in [5.74, 6) is 0.579. The topological polar surface area (TPSA) is 75.7 Å². The summed E-state index contributed by atoms with van der Waals surface area (Å²) < 4.78 is 32.0. The number of carbonyl (C=O) groups is 1. The molecular formula is C22H28N2O4S. The first-order valence-corrected chi connectivity index (χ1v) is 11.5. The maximum atomic E-state index is 12.4. The molecule has 0 bridgehead atoms. The van der Waals surface area contributed by atoms with Gasteiger partial charge in [-0.3, -0.25) is 4.79 Å². The van der Waals surface area contributed by atoms with E-state index in [1.54, 1.807) is 28.6 Å². The summed E-state index contributed by atoms with van der Waals surface area (Å²) in [6.07, 6.45) is 1.96. The number of hydrogen-bond acceptors (Lipinski definition) is 4. The average Bonchev–Trinajstić information content (AvgIpc) is 3.23. The van der Waals surface area contributed by atoms with E-state index in [4.69, 9.17) is 4.74 Å². The number of nitrogens with one attached hydrogen (secondary N) is 1. The highest BCUT2D eigenvalue weighted by Crippen LogP contribution is 2.18. The van der Waals surface area contributed by atoms with Crippen LogP contribution in [0.25, 0.3) is 0 Å². The van der Waals surface area contributed by atoms with E-state index in [-0.39, 0.29) is 17.8 Å². The molecule has 0 unspecified atom stereocenters. The Kier molecular flexibility index (Phi) is 6.92.